The van der Waals surface area contributed by atoms with Gasteiger partial charge in [-0.3, -0.25) is 0 Å². The predicted molar refractivity (Wildman–Crippen MR) is 61.3 cm³/mol. The lowest BCUT2D eigenvalue weighted by atomic mass is 9.58. The Bertz CT molecular complexity index is 346. The highest BCUT2D eigenvalue weighted by atomic mass is 79.9. The molecular formula is C12H15BrO. The van der Waals surface area contributed by atoms with Gasteiger partial charge in [-0.05, 0) is 35.4 Å². The zero-order chi connectivity index (χ0) is 10.3. The molecule has 1 N–H and O–H groups in total. The van der Waals surface area contributed by atoms with Gasteiger partial charge in [0.2, 0.25) is 0 Å². The van der Waals surface area contributed by atoms with Crippen LogP contribution >= 0.6 is 15.9 Å². The second kappa shape index (κ2) is 3.35. The molecule has 2 heteroatoms. The van der Waals surface area contributed by atoms with Crippen molar-refractivity contribution in [2.75, 3.05) is 0 Å². The van der Waals surface area contributed by atoms with Crippen LogP contribution < -0.4 is 0 Å². The Kier molecular flexibility index (Phi) is 2.44. The summed E-state index contributed by atoms with van der Waals surface area (Å²) < 4.78 is 1.12. The van der Waals surface area contributed by atoms with Crippen LogP contribution in [0, 0.1) is 5.41 Å². The summed E-state index contributed by atoms with van der Waals surface area (Å²) in [6, 6.07) is 8.38. The Balaban J connectivity index is 2.26. The lowest BCUT2D eigenvalue weighted by molar-refractivity contribution is -0.0625. The van der Waals surface area contributed by atoms with E-state index in [4.69, 9.17) is 0 Å². The van der Waals surface area contributed by atoms with Crippen molar-refractivity contribution >= 4 is 15.9 Å². The van der Waals surface area contributed by atoms with Crippen molar-refractivity contribution in [2.24, 2.45) is 5.41 Å². The SMILES string of the molecule is CC1(C)C(O)CC1c1cccc(Br)c1. The topological polar surface area (TPSA) is 20.2 Å². The molecular weight excluding hydrogens is 240 g/mol. The van der Waals surface area contributed by atoms with Gasteiger partial charge in [0.15, 0.2) is 0 Å². The molecule has 2 rings (SSSR count). The first kappa shape index (κ1) is 10.2. The van der Waals surface area contributed by atoms with Gasteiger partial charge < -0.3 is 5.11 Å². The van der Waals surface area contributed by atoms with Crippen molar-refractivity contribution in [3.05, 3.63) is 34.3 Å². The number of hydrogen-bond donors (Lipinski definition) is 1. The third-order valence-electron chi connectivity index (χ3n) is 3.47. The molecule has 1 saturated carbocycles. The molecule has 14 heavy (non-hydrogen) atoms. The van der Waals surface area contributed by atoms with Crippen molar-refractivity contribution < 1.29 is 5.11 Å². The third kappa shape index (κ3) is 1.51. The summed E-state index contributed by atoms with van der Waals surface area (Å²) in [6.07, 6.45) is 0.746. The van der Waals surface area contributed by atoms with E-state index in [0.717, 1.165) is 10.9 Å². The zero-order valence-electron chi connectivity index (χ0n) is 8.50. The summed E-state index contributed by atoms with van der Waals surface area (Å²) in [7, 11) is 0. The van der Waals surface area contributed by atoms with Gasteiger partial charge in [-0.2, -0.15) is 0 Å². The smallest absolute Gasteiger partial charge is 0.0603 e. The van der Waals surface area contributed by atoms with Gasteiger partial charge in [0, 0.05) is 4.47 Å². The van der Waals surface area contributed by atoms with Crippen molar-refractivity contribution in [1.82, 2.24) is 0 Å². The molecule has 2 atom stereocenters. The van der Waals surface area contributed by atoms with E-state index >= 15 is 0 Å². The molecule has 1 nitrogen and oxygen atoms in total. The Morgan fingerprint density at radius 3 is 2.64 bits per heavy atom. The average Bonchev–Trinajstić information content (AvgIpc) is 2.14. The van der Waals surface area contributed by atoms with Gasteiger partial charge in [-0.1, -0.05) is 41.9 Å². The van der Waals surface area contributed by atoms with E-state index in [1.165, 1.54) is 5.56 Å². The fourth-order valence-corrected chi connectivity index (χ4v) is 2.61. The lowest BCUT2D eigenvalue weighted by Crippen LogP contribution is -2.47. The predicted octanol–water partition coefficient (Wildman–Crippen LogP) is 3.32. The van der Waals surface area contributed by atoms with Gasteiger partial charge in [-0.25, -0.2) is 0 Å². The van der Waals surface area contributed by atoms with Gasteiger partial charge in [0.25, 0.3) is 0 Å². The molecule has 1 aromatic rings. The Morgan fingerprint density at radius 1 is 1.43 bits per heavy atom. The monoisotopic (exact) mass is 254 g/mol. The van der Waals surface area contributed by atoms with Crippen LogP contribution in [0.3, 0.4) is 0 Å². The molecule has 0 radical (unpaired) electrons. The van der Waals surface area contributed by atoms with Crippen LogP contribution in [0.4, 0.5) is 0 Å². The maximum Gasteiger partial charge on any atom is 0.0603 e. The van der Waals surface area contributed by atoms with E-state index in [1.807, 2.05) is 6.07 Å². The Hall–Kier alpha value is -0.340. The molecule has 0 aliphatic heterocycles. The summed E-state index contributed by atoms with van der Waals surface area (Å²) in [4.78, 5) is 0. The van der Waals surface area contributed by atoms with Crippen molar-refractivity contribution in [2.45, 2.75) is 32.3 Å². The van der Waals surface area contributed by atoms with Crippen LogP contribution in [0.2, 0.25) is 0 Å². The molecule has 0 aromatic heterocycles. The molecule has 0 heterocycles. The first-order chi connectivity index (χ1) is 6.51. The first-order valence-electron chi connectivity index (χ1n) is 4.95. The molecule has 0 spiro atoms. The molecule has 1 aliphatic carbocycles. The van der Waals surface area contributed by atoms with Gasteiger partial charge >= 0.3 is 0 Å². The van der Waals surface area contributed by atoms with E-state index in [-0.39, 0.29) is 11.5 Å². The van der Waals surface area contributed by atoms with Gasteiger partial charge in [0.05, 0.1) is 6.10 Å². The molecule has 0 amide bonds. The van der Waals surface area contributed by atoms with E-state index in [2.05, 4.69) is 48.0 Å². The second-order valence-corrected chi connectivity index (χ2v) is 5.60. The number of aliphatic hydroxyl groups is 1. The van der Waals surface area contributed by atoms with Gasteiger partial charge in [0.1, 0.15) is 0 Å². The minimum Gasteiger partial charge on any atom is -0.393 e. The van der Waals surface area contributed by atoms with Crippen molar-refractivity contribution in [3.63, 3.8) is 0 Å². The molecule has 1 aromatic carbocycles. The lowest BCUT2D eigenvalue weighted by Gasteiger charge is -2.49. The largest absolute Gasteiger partial charge is 0.393 e. The summed E-state index contributed by atoms with van der Waals surface area (Å²) in [5.74, 6) is 0.495. The van der Waals surface area contributed by atoms with E-state index in [1.54, 1.807) is 0 Å². The highest BCUT2D eigenvalue weighted by molar-refractivity contribution is 9.10. The van der Waals surface area contributed by atoms with Crippen LogP contribution in [0.5, 0.6) is 0 Å². The summed E-state index contributed by atoms with van der Waals surface area (Å²) >= 11 is 3.47. The highest BCUT2D eigenvalue weighted by Crippen LogP contribution is 2.52. The summed E-state index contributed by atoms with van der Waals surface area (Å²) in [5.41, 5.74) is 1.36. The molecule has 0 bridgehead atoms. The van der Waals surface area contributed by atoms with Crippen LogP contribution in [-0.4, -0.2) is 11.2 Å². The normalized spacial score (nSPS) is 29.7. The molecule has 1 fully saturated rings. The second-order valence-electron chi connectivity index (χ2n) is 4.68. The summed E-state index contributed by atoms with van der Waals surface area (Å²) in [6.45, 7) is 4.26. The molecule has 2 unspecified atom stereocenters. The number of aliphatic hydroxyl groups excluding tert-OH is 1. The van der Waals surface area contributed by atoms with E-state index in [0.29, 0.717) is 5.92 Å². The highest BCUT2D eigenvalue weighted by Gasteiger charge is 2.47. The minimum atomic E-state index is -0.147. The maximum atomic E-state index is 9.67. The maximum absolute atomic E-state index is 9.67. The van der Waals surface area contributed by atoms with E-state index < -0.39 is 0 Å². The number of benzene rings is 1. The molecule has 1 aliphatic rings. The number of halogens is 1. The molecule has 0 saturated heterocycles. The minimum absolute atomic E-state index is 0.0286. The van der Waals surface area contributed by atoms with Crippen LogP contribution in [0.15, 0.2) is 28.7 Å². The number of rotatable bonds is 1. The number of hydrogen-bond acceptors (Lipinski definition) is 1. The fourth-order valence-electron chi connectivity index (χ4n) is 2.19. The van der Waals surface area contributed by atoms with Crippen molar-refractivity contribution in [3.8, 4) is 0 Å². The Labute approximate surface area is 93.3 Å². The first-order valence-corrected chi connectivity index (χ1v) is 5.74. The third-order valence-corrected chi connectivity index (χ3v) is 3.96. The van der Waals surface area contributed by atoms with Crippen molar-refractivity contribution in [1.29, 1.82) is 0 Å². The quantitative estimate of drug-likeness (QED) is 0.816. The van der Waals surface area contributed by atoms with E-state index in [9.17, 15) is 5.11 Å². The average molecular weight is 255 g/mol. The van der Waals surface area contributed by atoms with Crippen LogP contribution in [0.1, 0.15) is 31.7 Å². The standard InChI is InChI=1S/C12H15BrO/c1-12(2)10(7-11(12)14)8-4-3-5-9(13)6-8/h3-6,10-11,14H,7H2,1-2H3. The van der Waals surface area contributed by atoms with Crippen LogP contribution in [-0.2, 0) is 0 Å². The Morgan fingerprint density at radius 2 is 2.14 bits per heavy atom. The molecule has 76 valence electrons. The summed E-state index contributed by atoms with van der Waals surface area (Å²) in [5, 5.41) is 9.67. The zero-order valence-corrected chi connectivity index (χ0v) is 10.1. The van der Waals surface area contributed by atoms with Gasteiger partial charge in [-0.15, -0.1) is 0 Å². The fraction of sp³-hybridized carbons (Fsp3) is 0.500. The van der Waals surface area contributed by atoms with Crippen LogP contribution in [0.25, 0.3) is 0 Å².